The van der Waals surface area contributed by atoms with Gasteiger partial charge in [0.25, 0.3) is 0 Å². The summed E-state index contributed by atoms with van der Waals surface area (Å²) >= 11 is 0. The third-order valence-electron chi connectivity index (χ3n) is 2.46. The summed E-state index contributed by atoms with van der Waals surface area (Å²) in [6, 6.07) is -0.0434. The molecule has 6 heteroatoms. The van der Waals surface area contributed by atoms with Crippen LogP contribution >= 0.6 is 0 Å². The zero-order chi connectivity index (χ0) is 12.7. The molecule has 1 atom stereocenters. The molecule has 0 aliphatic heterocycles. The van der Waals surface area contributed by atoms with Crippen LogP contribution in [0.5, 0.6) is 5.75 Å². The summed E-state index contributed by atoms with van der Waals surface area (Å²) in [5.74, 6) is 1.23. The molecule has 1 aromatic rings. The molecule has 96 valence electrons. The molecule has 6 nitrogen and oxygen atoms in total. The van der Waals surface area contributed by atoms with E-state index in [9.17, 15) is 5.11 Å². The number of ether oxygens (including phenoxy) is 1. The first-order valence-electron chi connectivity index (χ1n) is 5.75. The molecule has 0 aliphatic carbocycles. The summed E-state index contributed by atoms with van der Waals surface area (Å²) in [5, 5.41) is 12.4. The average Bonchev–Trinajstić information content (AvgIpc) is 2.34. The van der Waals surface area contributed by atoms with Crippen molar-refractivity contribution in [1.29, 1.82) is 0 Å². The number of nitrogens with two attached hydrogens (primary N) is 1. The van der Waals surface area contributed by atoms with E-state index in [0.29, 0.717) is 11.6 Å². The fraction of sp³-hybridized carbons (Fsp3) is 0.636. The molecular weight excluding hydrogens is 220 g/mol. The highest BCUT2D eigenvalue weighted by Gasteiger charge is 2.12. The molecule has 0 spiro atoms. The van der Waals surface area contributed by atoms with Gasteiger partial charge < -0.3 is 20.9 Å². The van der Waals surface area contributed by atoms with Crippen molar-refractivity contribution >= 4 is 11.8 Å². The lowest BCUT2D eigenvalue weighted by Gasteiger charge is -2.18. The Morgan fingerprint density at radius 2 is 2.35 bits per heavy atom. The number of aliphatic hydroxyl groups excluding tert-OH is 1. The van der Waals surface area contributed by atoms with Gasteiger partial charge in [-0.15, -0.1) is 0 Å². The van der Waals surface area contributed by atoms with Crippen LogP contribution in [-0.2, 0) is 0 Å². The number of nitrogens with one attached hydrogen (secondary N) is 1. The lowest BCUT2D eigenvalue weighted by atomic mass is 10.1. The second-order valence-electron chi connectivity index (χ2n) is 3.81. The fourth-order valence-electron chi connectivity index (χ4n) is 1.49. The van der Waals surface area contributed by atoms with Crippen LogP contribution in [-0.4, -0.2) is 34.8 Å². The maximum atomic E-state index is 9.27. The van der Waals surface area contributed by atoms with Crippen LogP contribution < -0.4 is 15.8 Å². The molecule has 1 heterocycles. The van der Waals surface area contributed by atoms with Gasteiger partial charge in [-0.1, -0.05) is 19.8 Å². The van der Waals surface area contributed by atoms with Gasteiger partial charge in [-0.05, 0) is 6.42 Å². The van der Waals surface area contributed by atoms with Crippen molar-refractivity contribution in [2.45, 2.75) is 32.2 Å². The van der Waals surface area contributed by atoms with Crippen molar-refractivity contribution in [3.05, 3.63) is 6.20 Å². The Labute approximate surface area is 101 Å². The summed E-state index contributed by atoms with van der Waals surface area (Å²) < 4.78 is 5.13. The molecule has 4 N–H and O–H groups in total. The van der Waals surface area contributed by atoms with Crippen molar-refractivity contribution in [2.24, 2.45) is 0 Å². The minimum atomic E-state index is -0.0434. The zero-order valence-corrected chi connectivity index (χ0v) is 10.3. The normalized spacial score (nSPS) is 12.2. The second kappa shape index (κ2) is 6.90. The molecule has 0 amide bonds. The third-order valence-corrected chi connectivity index (χ3v) is 2.46. The predicted molar refractivity (Wildman–Crippen MR) is 67.0 cm³/mol. The van der Waals surface area contributed by atoms with Gasteiger partial charge in [0, 0.05) is 0 Å². The number of unbranched alkanes of at least 4 members (excludes halogenated alkanes) is 1. The van der Waals surface area contributed by atoms with E-state index in [4.69, 9.17) is 10.5 Å². The van der Waals surface area contributed by atoms with Crippen molar-refractivity contribution in [3.8, 4) is 5.75 Å². The number of rotatable bonds is 7. The molecule has 1 rings (SSSR count). The number of hydrogen-bond acceptors (Lipinski definition) is 6. The number of anilines is 2. The molecule has 0 saturated carbocycles. The maximum absolute atomic E-state index is 9.27. The van der Waals surface area contributed by atoms with Crippen LogP contribution in [0.25, 0.3) is 0 Å². The van der Waals surface area contributed by atoms with E-state index in [1.54, 1.807) is 7.11 Å². The number of hydrogen-bond donors (Lipinski definition) is 3. The first-order valence-corrected chi connectivity index (χ1v) is 5.75. The number of nitrogen functional groups attached to an aromatic ring is 1. The topological polar surface area (TPSA) is 93.3 Å². The highest BCUT2D eigenvalue weighted by molar-refractivity contribution is 5.51. The smallest absolute Gasteiger partial charge is 0.222 e. The molecule has 0 fully saturated rings. The van der Waals surface area contributed by atoms with E-state index >= 15 is 0 Å². The molecule has 0 saturated heterocycles. The highest BCUT2D eigenvalue weighted by atomic mass is 16.5. The lowest BCUT2D eigenvalue weighted by Crippen LogP contribution is -2.24. The Kier molecular flexibility index (Phi) is 5.48. The van der Waals surface area contributed by atoms with Crippen molar-refractivity contribution in [3.63, 3.8) is 0 Å². The minimum Gasteiger partial charge on any atom is -0.491 e. The largest absolute Gasteiger partial charge is 0.491 e. The summed E-state index contributed by atoms with van der Waals surface area (Å²) in [7, 11) is 1.54. The second-order valence-corrected chi connectivity index (χ2v) is 3.81. The van der Waals surface area contributed by atoms with E-state index in [-0.39, 0.29) is 18.6 Å². The molecule has 0 bridgehead atoms. The first kappa shape index (κ1) is 13.5. The summed E-state index contributed by atoms with van der Waals surface area (Å²) in [4.78, 5) is 7.90. The van der Waals surface area contributed by atoms with Crippen LogP contribution in [0.3, 0.4) is 0 Å². The van der Waals surface area contributed by atoms with Gasteiger partial charge in [0.05, 0.1) is 26.0 Å². The average molecular weight is 240 g/mol. The van der Waals surface area contributed by atoms with E-state index in [2.05, 4.69) is 22.2 Å². The SMILES string of the molecule is CCCC[C@H](CO)Nc1nc(N)ncc1OC. The predicted octanol–water partition coefficient (Wildman–Crippen LogP) is 1.03. The third kappa shape index (κ3) is 4.07. The molecule has 1 aromatic heterocycles. The zero-order valence-electron chi connectivity index (χ0n) is 10.3. The summed E-state index contributed by atoms with van der Waals surface area (Å²) in [5.41, 5.74) is 5.52. The first-order chi connectivity index (χ1) is 8.21. The van der Waals surface area contributed by atoms with Crippen LogP contribution in [0.1, 0.15) is 26.2 Å². The minimum absolute atomic E-state index is 0.0434. The standard InChI is InChI=1S/C11H20N4O2/c1-3-4-5-8(7-16)14-10-9(17-2)6-13-11(12)15-10/h6,8,16H,3-5,7H2,1-2H3,(H3,12,13,14,15)/t8-/m1/s1. The highest BCUT2D eigenvalue weighted by Crippen LogP contribution is 2.22. The Balaban J connectivity index is 2.73. The fourth-order valence-corrected chi connectivity index (χ4v) is 1.49. The number of aromatic nitrogens is 2. The Bertz CT molecular complexity index is 346. The van der Waals surface area contributed by atoms with Crippen molar-refractivity contribution in [2.75, 3.05) is 24.8 Å². The lowest BCUT2D eigenvalue weighted by molar-refractivity contribution is 0.266. The van der Waals surface area contributed by atoms with Crippen molar-refractivity contribution < 1.29 is 9.84 Å². The van der Waals surface area contributed by atoms with Gasteiger partial charge in [-0.25, -0.2) is 4.98 Å². The maximum Gasteiger partial charge on any atom is 0.222 e. The molecule has 0 aliphatic rings. The summed E-state index contributed by atoms with van der Waals surface area (Å²) in [6.45, 7) is 2.16. The van der Waals surface area contributed by atoms with Gasteiger partial charge in [-0.3, -0.25) is 0 Å². The van der Waals surface area contributed by atoms with Gasteiger partial charge in [0.15, 0.2) is 11.6 Å². The Hall–Kier alpha value is -1.56. The van der Waals surface area contributed by atoms with Crippen molar-refractivity contribution in [1.82, 2.24) is 9.97 Å². The Morgan fingerprint density at radius 1 is 1.59 bits per heavy atom. The quantitative estimate of drug-likeness (QED) is 0.659. The molecular formula is C11H20N4O2. The van der Waals surface area contributed by atoms with E-state index in [0.717, 1.165) is 19.3 Å². The molecule has 0 radical (unpaired) electrons. The summed E-state index contributed by atoms with van der Waals surface area (Å²) in [6.07, 6.45) is 4.52. The Morgan fingerprint density at radius 3 is 2.94 bits per heavy atom. The van der Waals surface area contributed by atoms with Crippen LogP contribution in [0.15, 0.2) is 6.20 Å². The van der Waals surface area contributed by atoms with E-state index < -0.39 is 0 Å². The van der Waals surface area contributed by atoms with Crippen LogP contribution in [0.4, 0.5) is 11.8 Å². The van der Waals surface area contributed by atoms with Crippen LogP contribution in [0, 0.1) is 0 Å². The molecule has 17 heavy (non-hydrogen) atoms. The van der Waals surface area contributed by atoms with Gasteiger partial charge in [-0.2, -0.15) is 4.98 Å². The number of aliphatic hydroxyl groups is 1. The van der Waals surface area contributed by atoms with Gasteiger partial charge >= 0.3 is 0 Å². The van der Waals surface area contributed by atoms with Gasteiger partial charge in [0.2, 0.25) is 5.95 Å². The number of methoxy groups -OCH3 is 1. The van der Waals surface area contributed by atoms with Gasteiger partial charge in [0.1, 0.15) is 0 Å². The van der Waals surface area contributed by atoms with E-state index in [1.165, 1.54) is 6.20 Å². The monoisotopic (exact) mass is 240 g/mol. The van der Waals surface area contributed by atoms with Crippen LogP contribution in [0.2, 0.25) is 0 Å². The van der Waals surface area contributed by atoms with E-state index in [1.807, 2.05) is 0 Å². The number of nitrogens with zero attached hydrogens (tertiary/aromatic N) is 2. The molecule has 0 unspecified atom stereocenters. The molecule has 0 aromatic carbocycles.